The van der Waals surface area contributed by atoms with Gasteiger partial charge in [0, 0.05) is 6.42 Å². The molecule has 1 aliphatic heterocycles. The second-order valence-electron chi connectivity index (χ2n) is 2.03. The van der Waals surface area contributed by atoms with Crippen molar-refractivity contribution in [3.05, 3.63) is 0 Å². The van der Waals surface area contributed by atoms with Crippen LogP contribution in [0.25, 0.3) is 0 Å². The van der Waals surface area contributed by atoms with Crippen molar-refractivity contribution in [3.8, 4) is 0 Å². The number of nitrogens with zero attached hydrogens (tertiary/aromatic N) is 1. The molecule has 0 spiro atoms. The molecule has 1 N–H and O–H groups in total. The monoisotopic (exact) mass is 159 g/mol. The molecule has 64 valence electrons. The van der Waals surface area contributed by atoms with E-state index in [0.29, 0.717) is 6.42 Å². The zero-order chi connectivity index (χ0) is 8.53. The molecular weight excluding hydrogens is 146 g/mol. The summed E-state index contributed by atoms with van der Waals surface area (Å²) in [5, 5.41) is 7.91. The lowest BCUT2D eigenvalue weighted by atomic mass is 10.4. The lowest BCUT2D eigenvalue weighted by Crippen LogP contribution is -1.90. The fourth-order valence-electron chi connectivity index (χ4n) is 0.477. The number of carboxylic acids is 1. The van der Waals surface area contributed by atoms with Crippen molar-refractivity contribution in [1.29, 1.82) is 0 Å². The van der Waals surface area contributed by atoms with Gasteiger partial charge in [-0.05, 0) is 6.42 Å². The summed E-state index contributed by atoms with van der Waals surface area (Å²) in [7, 11) is 0. The average molecular weight is 159 g/mol. The van der Waals surface area contributed by atoms with Crippen molar-refractivity contribution < 1.29 is 14.6 Å². The van der Waals surface area contributed by atoms with E-state index in [2.05, 4.69) is 9.73 Å². The van der Waals surface area contributed by atoms with E-state index in [1.807, 2.05) is 6.92 Å². The zero-order valence-corrected chi connectivity index (χ0v) is 6.62. The molecule has 1 aliphatic rings. The molecule has 0 saturated heterocycles. The predicted molar refractivity (Wildman–Crippen MR) is 41.9 cm³/mol. The second kappa shape index (κ2) is 7.05. The number of hydrogen-bond acceptors (Lipinski definition) is 3. The smallest absolute Gasteiger partial charge is 0.303 e. The van der Waals surface area contributed by atoms with Crippen molar-refractivity contribution in [1.82, 2.24) is 0 Å². The molecule has 0 aromatic heterocycles. The van der Waals surface area contributed by atoms with E-state index in [0.717, 1.165) is 19.6 Å². The van der Waals surface area contributed by atoms with Crippen molar-refractivity contribution in [2.24, 2.45) is 4.99 Å². The van der Waals surface area contributed by atoms with E-state index in [9.17, 15) is 4.79 Å². The molecular formula is C7H13NO3. The van der Waals surface area contributed by atoms with Gasteiger partial charge >= 0.3 is 5.97 Å². The normalized spacial score (nSPS) is 13.2. The third-order valence-corrected chi connectivity index (χ3v) is 0.951. The topological polar surface area (TPSA) is 58.9 Å². The van der Waals surface area contributed by atoms with Gasteiger partial charge in [-0.25, -0.2) is 0 Å². The van der Waals surface area contributed by atoms with Gasteiger partial charge in [0.15, 0.2) is 6.40 Å². The molecule has 0 radical (unpaired) electrons. The van der Waals surface area contributed by atoms with Gasteiger partial charge in [0.25, 0.3) is 0 Å². The van der Waals surface area contributed by atoms with Gasteiger partial charge < -0.3 is 9.84 Å². The highest BCUT2D eigenvalue weighted by molar-refractivity contribution is 5.66. The molecule has 0 unspecified atom stereocenters. The molecule has 11 heavy (non-hydrogen) atoms. The third kappa shape index (κ3) is 8.94. The van der Waals surface area contributed by atoms with E-state index < -0.39 is 5.97 Å². The van der Waals surface area contributed by atoms with Gasteiger partial charge in [0.1, 0.15) is 6.61 Å². The summed E-state index contributed by atoms with van der Waals surface area (Å²) in [4.78, 5) is 13.3. The Bertz CT molecular complexity index is 128. The van der Waals surface area contributed by atoms with Crippen molar-refractivity contribution in [2.75, 3.05) is 13.2 Å². The molecule has 4 nitrogen and oxygen atoms in total. The summed E-state index contributed by atoms with van der Waals surface area (Å²) in [6.07, 6.45) is 2.51. The highest BCUT2D eigenvalue weighted by atomic mass is 16.5. The summed E-state index contributed by atoms with van der Waals surface area (Å²) >= 11 is 0. The largest absolute Gasteiger partial charge is 0.482 e. The van der Waals surface area contributed by atoms with Crippen LogP contribution in [0.5, 0.6) is 0 Å². The van der Waals surface area contributed by atoms with Crippen LogP contribution in [0.4, 0.5) is 0 Å². The highest BCUT2D eigenvalue weighted by Crippen LogP contribution is 1.82. The number of ether oxygens (including phenoxy) is 1. The van der Waals surface area contributed by atoms with Crippen LogP contribution < -0.4 is 0 Å². The van der Waals surface area contributed by atoms with Crippen LogP contribution in [-0.4, -0.2) is 30.6 Å². The molecule has 0 bridgehead atoms. The van der Waals surface area contributed by atoms with Crippen LogP contribution in [-0.2, 0) is 9.53 Å². The van der Waals surface area contributed by atoms with E-state index in [4.69, 9.17) is 5.11 Å². The Morgan fingerprint density at radius 1 is 1.82 bits per heavy atom. The highest BCUT2D eigenvalue weighted by Gasteiger charge is 1.87. The van der Waals surface area contributed by atoms with Crippen LogP contribution in [0.3, 0.4) is 0 Å². The lowest BCUT2D eigenvalue weighted by molar-refractivity contribution is -0.137. The zero-order valence-electron chi connectivity index (χ0n) is 6.62. The van der Waals surface area contributed by atoms with Gasteiger partial charge in [-0.2, -0.15) is 0 Å². The van der Waals surface area contributed by atoms with E-state index in [-0.39, 0.29) is 0 Å². The maximum absolute atomic E-state index is 9.60. The SMILES string of the molecule is C1=NCCO1.CCCC(=O)O. The number of carboxylic acid groups (broad SMARTS) is 1. The molecule has 0 aromatic carbocycles. The number of carbonyl (C=O) groups is 1. The van der Waals surface area contributed by atoms with Gasteiger partial charge in [0.05, 0.1) is 6.54 Å². The number of hydrogen-bond donors (Lipinski definition) is 1. The quantitative estimate of drug-likeness (QED) is 0.651. The van der Waals surface area contributed by atoms with E-state index in [1.165, 1.54) is 6.40 Å². The maximum Gasteiger partial charge on any atom is 0.303 e. The number of rotatable bonds is 2. The molecule has 4 heteroatoms. The Balaban J connectivity index is 0.000000183. The first kappa shape index (κ1) is 9.94. The molecule has 0 saturated carbocycles. The molecule has 0 aliphatic carbocycles. The molecule has 0 atom stereocenters. The molecule has 0 fully saturated rings. The minimum absolute atomic E-state index is 0.292. The van der Waals surface area contributed by atoms with Gasteiger partial charge in [-0.15, -0.1) is 0 Å². The maximum atomic E-state index is 9.60. The summed E-state index contributed by atoms with van der Waals surface area (Å²) in [5.41, 5.74) is 0. The third-order valence-electron chi connectivity index (χ3n) is 0.951. The predicted octanol–water partition coefficient (Wildman–Crippen LogP) is 0.916. The Labute approximate surface area is 65.9 Å². The number of aliphatic imine (C=N–C) groups is 1. The minimum Gasteiger partial charge on any atom is -0.482 e. The summed E-state index contributed by atoms with van der Waals surface area (Å²) in [5.74, 6) is -0.711. The molecule has 0 amide bonds. The Morgan fingerprint density at radius 3 is 2.64 bits per heavy atom. The van der Waals surface area contributed by atoms with Gasteiger partial charge in [-0.3, -0.25) is 9.79 Å². The number of aliphatic carboxylic acids is 1. The molecule has 1 heterocycles. The first-order valence-electron chi connectivity index (χ1n) is 3.59. The van der Waals surface area contributed by atoms with Crippen LogP contribution >= 0.6 is 0 Å². The Morgan fingerprint density at radius 2 is 2.55 bits per heavy atom. The van der Waals surface area contributed by atoms with Crippen LogP contribution in [0.1, 0.15) is 19.8 Å². The Hall–Kier alpha value is -1.06. The minimum atomic E-state index is -0.711. The fraction of sp³-hybridized carbons (Fsp3) is 0.714. The van der Waals surface area contributed by atoms with Crippen LogP contribution in [0, 0.1) is 0 Å². The van der Waals surface area contributed by atoms with Crippen molar-refractivity contribution >= 4 is 12.4 Å². The van der Waals surface area contributed by atoms with Crippen molar-refractivity contribution in [3.63, 3.8) is 0 Å². The summed E-state index contributed by atoms with van der Waals surface area (Å²) in [6, 6.07) is 0. The molecule has 0 aromatic rings. The summed E-state index contributed by atoms with van der Waals surface area (Å²) in [6.45, 7) is 3.47. The van der Waals surface area contributed by atoms with Gasteiger partial charge in [0.2, 0.25) is 0 Å². The fourth-order valence-corrected chi connectivity index (χ4v) is 0.477. The second-order valence-corrected chi connectivity index (χ2v) is 2.03. The summed E-state index contributed by atoms with van der Waals surface area (Å²) < 4.78 is 4.65. The standard InChI is InChI=1S/C4H8O2.C3H5NO/c1-2-3-4(5)6;1-2-5-3-4-1/h2-3H2,1H3,(H,5,6);3H,1-2H2. The average Bonchev–Trinajstić information content (AvgIpc) is 2.41. The van der Waals surface area contributed by atoms with Crippen LogP contribution in [0.15, 0.2) is 4.99 Å². The Kier molecular flexibility index (Phi) is 6.37. The molecule has 1 rings (SSSR count). The van der Waals surface area contributed by atoms with Gasteiger partial charge in [-0.1, -0.05) is 6.92 Å². The first-order valence-corrected chi connectivity index (χ1v) is 3.59. The van der Waals surface area contributed by atoms with Crippen molar-refractivity contribution in [2.45, 2.75) is 19.8 Å². The first-order chi connectivity index (χ1) is 5.27. The van der Waals surface area contributed by atoms with E-state index in [1.54, 1.807) is 0 Å². The lowest BCUT2D eigenvalue weighted by Gasteiger charge is -1.79. The van der Waals surface area contributed by atoms with Crippen LogP contribution in [0.2, 0.25) is 0 Å². The van der Waals surface area contributed by atoms with E-state index >= 15 is 0 Å².